The third kappa shape index (κ3) is 6.21. The highest BCUT2D eigenvalue weighted by Crippen LogP contribution is 2.24. The molecule has 0 aliphatic heterocycles. The standard InChI is InChI=1S/C24H23ClN4O3/c25-22-10-7-19(12-21(22)23(30)28-18-5-6-18)29-24(31)27-14-16-3-8-20(9-4-16)32-15-17-2-1-11-26-13-17/h1-4,7-13,18H,5-6,14-15H2,(H,28,30)(H2,27,29,31). The van der Waals surface area contributed by atoms with Gasteiger partial charge in [0.05, 0.1) is 10.6 Å². The molecule has 1 heterocycles. The highest BCUT2D eigenvalue weighted by atomic mass is 35.5. The molecule has 1 saturated carbocycles. The summed E-state index contributed by atoms with van der Waals surface area (Å²) < 4.78 is 5.74. The van der Waals surface area contributed by atoms with Gasteiger partial charge in [-0.25, -0.2) is 4.79 Å². The zero-order valence-corrected chi connectivity index (χ0v) is 18.1. The van der Waals surface area contributed by atoms with Crippen molar-refractivity contribution in [3.63, 3.8) is 0 Å². The lowest BCUT2D eigenvalue weighted by atomic mass is 10.2. The van der Waals surface area contributed by atoms with Crippen molar-refractivity contribution in [1.82, 2.24) is 15.6 Å². The van der Waals surface area contributed by atoms with E-state index in [1.54, 1.807) is 30.6 Å². The van der Waals surface area contributed by atoms with Gasteiger partial charge in [0.15, 0.2) is 0 Å². The predicted molar refractivity (Wildman–Crippen MR) is 123 cm³/mol. The second-order valence-corrected chi connectivity index (χ2v) is 7.95. The van der Waals surface area contributed by atoms with Gasteiger partial charge in [-0.2, -0.15) is 0 Å². The van der Waals surface area contributed by atoms with Crippen molar-refractivity contribution in [3.8, 4) is 5.75 Å². The van der Waals surface area contributed by atoms with E-state index in [1.165, 1.54) is 0 Å². The number of hydrogen-bond donors (Lipinski definition) is 3. The van der Waals surface area contributed by atoms with Crippen LogP contribution in [0.4, 0.5) is 10.5 Å². The summed E-state index contributed by atoms with van der Waals surface area (Å²) in [7, 11) is 0. The minimum absolute atomic E-state index is 0.227. The summed E-state index contributed by atoms with van der Waals surface area (Å²) in [5.41, 5.74) is 2.75. The molecule has 3 N–H and O–H groups in total. The minimum atomic E-state index is -0.377. The van der Waals surface area contributed by atoms with Crippen LogP contribution in [0.15, 0.2) is 67.0 Å². The maximum absolute atomic E-state index is 12.3. The van der Waals surface area contributed by atoms with E-state index in [-0.39, 0.29) is 18.0 Å². The molecule has 0 saturated heterocycles. The fourth-order valence-electron chi connectivity index (χ4n) is 2.98. The molecule has 0 atom stereocenters. The molecular formula is C24H23ClN4O3. The molecule has 8 heteroatoms. The van der Waals surface area contributed by atoms with Gasteiger partial charge in [0, 0.05) is 36.2 Å². The number of anilines is 1. The molecule has 0 bridgehead atoms. The number of halogens is 1. The molecule has 32 heavy (non-hydrogen) atoms. The molecule has 3 aromatic rings. The average molecular weight is 451 g/mol. The number of carbonyl (C=O) groups excluding carboxylic acids is 2. The van der Waals surface area contributed by atoms with Crippen LogP contribution in [0.25, 0.3) is 0 Å². The summed E-state index contributed by atoms with van der Waals surface area (Å²) >= 11 is 6.14. The number of benzene rings is 2. The summed E-state index contributed by atoms with van der Waals surface area (Å²) in [5.74, 6) is 0.507. The minimum Gasteiger partial charge on any atom is -0.489 e. The fraction of sp³-hybridized carbons (Fsp3) is 0.208. The Labute approximate surface area is 191 Å². The van der Waals surface area contributed by atoms with Crippen LogP contribution in [-0.2, 0) is 13.2 Å². The van der Waals surface area contributed by atoms with Gasteiger partial charge in [0.2, 0.25) is 0 Å². The van der Waals surface area contributed by atoms with Crippen molar-refractivity contribution >= 4 is 29.2 Å². The number of urea groups is 1. The zero-order chi connectivity index (χ0) is 22.3. The van der Waals surface area contributed by atoms with Crippen molar-refractivity contribution in [3.05, 3.63) is 88.7 Å². The van der Waals surface area contributed by atoms with Gasteiger partial charge in [-0.15, -0.1) is 0 Å². The van der Waals surface area contributed by atoms with Gasteiger partial charge in [0.1, 0.15) is 12.4 Å². The van der Waals surface area contributed by atoms with E-state index in [0.717, 1.165) is 29.7 Å². The number of ether oxygens (including phenoxy) is 1. The van der Waals surface area contributed by atoms with E-state index >= 15 is 0 Å². The Kier molecular flexibility index (Phi) is 6.87. The van der Waals surface area contributed by atoms with Crippen LogP contribution in [0.2, 0.25) is 5.02 Å². The van der Waals surface area contributed by atoms with Crippen LogP contribution >= 0.6 is 11.6 Å². The summed E-state index contributed by atoms with van der Waals surface area (Å²) in [6, 6.07) is 16.0. The molecule has 1 aliphatic carbocycles. The van der Waals surface area contributed by atoms with Crippen LogP contribution in [0.5, 0.6) is 5.75 Å². The van der Waals surface area contributed by atoms with Crippen molar-refractivity contribution in [1.29, 1.82) is 0 Å². The Morgan fingerprint density at radius 2 is 1.88 bits per heavy atom. The number of hydrogen-bond acceptors (Lipinski definition) is 4. The van der Waals surface area contributed by atoms with E-state index in [9.17, 15) is 9.59 Å². The van der Waals surface area contributed by atoms with Gasteiger partial charge >= 0.3 is 6.03 Å². The van der Waals surface area contributed by atoms with E-state index in [1.807, 2.05) is 36.4 Å². The van der Waals surface area contributed by atoms with Crippen molar-refractivity contribution < 1.29 is 14.3 Å². The quantitative estimate of drug-likeness (QED) is 0.470. The first kappa shape index (κ1) is 21.6. The van der Waals surface area contributed by atoms with Crippen molar-refractivity contribution in [2.75, 3.05) is 5.32 Å². The van der Waals surface area contributed by atoms with E-state index in [0.29, 0.717) is 29.4 Å². The van der Waals surface area contributed by atoms with Gasteiger partial charge < -0.3 is 20.7 Å². The molecule has 164 valence electrons. The van der Waals surface area contributed by atoms with Gasteiger partial charge in [-0.3, -0.25) is 9.78 Å². The smallest absolute Gasteiger partial charge is 0.319 e. The lowest BCUT2D eigenvalue weighted by Gasteiger charge is -2.11. The lowest BCUT2D eigenvalue weighted by molar-refractivity contribution is 0.0951. The predicted octanol–water partition coefficient (Wildman–Crippen LogP) is 4.53. The fourth-order valence-corrected chi connectivity index (χ4v) is 3.18. The SMILES string of the molecule is O=C(NCc1ccc(OCc2cccnc2)cc1)Nc1ccc(Cl)c(C(=O)NC2CC2)c1. The molecular weight excluding hydrogens is 428 g/mol. The van der Waals surface area contributed by atoms with Crippen LogP contribution in [0.1, 0.15) is 34.3 Å². The van der Waals surface area contributed by atoms with E-state index in [4.69, 9.17) is 16.3 Å². The summed E-state index contributed by atoms with van der Waals surface area (Å²) in [6.07, 6.45) is 5.46. The third-order valence-electron chi connectivity index (χ3n) is 4.89. The van der Waals surface area contributed by atoms with Crippen molar-refractivity contribution in [2.24, 2.45) is 0 Å². The number of pyridine rings is 1. The Morgan fingerprint density at radius 1 is 1.06 bits per heavy atom. The average Bonchev–Trinajstić information content (AvgIpc) is 3.63. The summed E-state index contributed by atoms with van der Waals surface area (Å²) in [6.45, 7) is 0.785. The maximum atomic E-state index is 12.3. The molecule has 1 aliphatic rings. The highest BCUT2D eigenvalue weighted by molar-refractivity contribution is 6.34. The van der Waals surface area contributed by atoms with E-state index in [2.05, 4.69) is 20.9 Å². The molecule has 0 radical (unpaired) electrons. The lowest BCUT2D eigenvalue weighted by Crippen LogP contribution is -2.29. The molecule has 7 nitrogen and oxygen atoms in total. The second-order valence-electron chi connectivity index (χ2n) is 7.54. The number of nitrogens with one attached hydrogen (secondary N) is 3. The molecule has 0 unspecified atom stereocenters. The number of carbonyl (C=O) groups is 2. The Morgan fingerprint density at radius 3 is 2.59 bits per heavy atom. The Balaban J connectivity index is 1.26. The van der Waals surface area contributed by atoms with Crippen LogP contribution in [0, 0.1) is 0 Å². The number of amides is 3. The number of rotatable bonds is 8. The first-order chi connectivity index (χ1) is 15.6. The molecule has 3 amide bonds. The molecule has 1 fully saturated rings. The van der Waals surface area contributed by atoms with Gasteiger partial charge in [0.25, 0.3) is 5.91 Å². The second kappa shape index (κ2) is 10.2. The third-order valence-corrected chi connectivity index (χ3v) is 5.22. The molecule has 2 aromatic carbocycles. The number of aromatic nitrogens is 1. The van der Waals surface area contributed by atoms with Crippen molar-refractivity contribution in [2.45, 2.75) is 32.0 Å². The van der Waals surface area contributed by atoms with Crippen LogP contribution < -0.4 is 20.7 Å². The van der Waals surface area contributed by atoms with Gasteiger partial charge in [-0.1, -0.05) is 29.8 Å². The first-order valence-electron chi connectivity index (χ1n) is 10.3. The summed E-state index contributed by atoms with van der Waals surface area (Å²) in [4.78, 5) is 28.6. The molecule has 0 spiro atoms. The Bertz CT molecular complexity index is 1090. The van der Waals surface area contributed by atoms with Crippen LogP contribution in [0.3, 0.4) is 0 Å². The Hall–Kier alpha value is -3.58. The maximum Gasteiger partial charge on any atom is 0.319 e. The first-order valence-corrected chi connectivity index (χ1v) is 10.7. The monoisotopic (exact) mass is 450 g/mol. The van der Waals surface area contributed by atoms with Gasteiger partial charge in [-0.05, 0) is 54.8 Å². The highest BCUT2D eigenvalue weighted by Gasteiger charge is 2.24. The zero-order valence-electron chi connectivity index (χ0n) is 17.3. The van der Waals surface area contributed by atoms with E-state index < -0.39 is 0 Å². The summed E-state index contributed by atoms with van der Waals surface area (Å²) in [5, 5.41) is 8.77. The largest absolute Gasteiger partial charge is 0.489 e. The normalized spacial score (nSPS) is 12.7. The molecule has 1 aromatic heterocycles. The number of nitrogens with zero attached hydrogens (tertiary/aromatic N) is 1. The molecule has 4 rings (SSSR count). The topological polar surface area (TPSA) is 92.3 Å². The van der Waals surface area contributed by atoms with Crippen LogP contribution in [-0.4, -0.2) is 23.0 Å².